The predicted octanol–water partition coefficient (Wildman–Crippen LogP) is 5.57. The minimum Gasteiger partial charge on any atom is -0.299 e. The first kappa shape index (κ1) is 15.9. The van der Waals surface area contributed by atoms with Crippen LogP contribution in [-0.4, -0.2) is 5.78 Å². The van der Waals surface area contributed by atoms with Crippen LogP contribution in [0.5, 0.6) is 0 Å². The number of carbonyl (C=O) groups is 1. The van der Waals surface area contributed by atoms with Gasteiger partial charge in [-0.3, -0.25) is 4.79 Å². The molecule has 0 aromatic heterocycles. The molecule has 1 aromatic rings. The van der Waals surface area contributed by atoms with E-state index in [1.165, 1.54) is 0 Å². The number of carbonyl (C=O) groups excluding carboxylic acids is 1. The van der Waals surface area contributed by atoms with Crippen LogP contribution >= 0.6 is 23.2 Å². The molecule has 1 nitrogen and oxygen atoms in total. The van der Waals surface area contributed by atoms with Crippen molar-refractivity contribution in [2.75, 3.05) is 0 Å². The molecule has 20 heavy (non-hydrogen) atoms. The normalized spacial score (nSPS) is 23.9. The number of hydrogen-bond donors (Lipinski definition) is 0. The van der Waals surface area contributed by atoms with Crippen molar-refractivity contribution in [3.63, 3.8) is 0 Å². The summed E-state index contributed by atoms with van der Waals surface area (Å²) in [5, 5.41) is 1.39. The molecule has 0 heterocycles. The van der Waals surface area contributed by atoms with Crippen LogP contribution in [-0.2, 0) is 11.2 Å². The van der Waals surface area contributed by atoms with E-state index >= 15 is 0 Å². The first-order valence-electron chi connectivity index (χ1n) is 7.27. The molecule has 0 spiro atoms. The number of hydrogen-bond acceptors (Lipinski definition) is 1. The lowest BCUT2D eigenvalue weighted by Gasteiger charge is -2.38. The van der Waals surface area contributed by atoms with Gasteiger partial charge in [0, 0.05) is 22.4 Å². The van der Waals surface area contributed by atoms with Gasteiger partial charge >= 0.3 is 0 Å². The summed E-state index contributed by atoms with van der Waals surface area (Å²) < 4.78 is 0. The first-order chi connectivity index (χ1) is 9.31. The Labute approximate surface area is 131 Å². The molecule has 3 heteroatoms. The highest BCUT2D eigenvalue weighted by atomic mass is 35.5. The molecule has 0 saturated heterocycles. The molecule has 2 rings (SSSR count). The number of benzene rings is 1. The third-order valence-corrected chi connectivity index (χ3v) is 5.23. The largest absolute Gasteiger partial charge is 0.299 e. The van der Waals surface area contributed by atoms with Crippen molar-refractivity contribution >= 4 is 29.0 Å². The zero-order valence-electron chi connectivity index (χ0n) is 12.4. The summed E-state index contributed by atoms with van der Waals surface area (Å²) in [4.78, 5) is 12.3. The van der Waals surface area contributed by atoms with Gasteiger partial charge in [-0.15, -0.1) is 0 Å². The fourth-order valence-electron chi connectivity index (χ4n) is 3.31. The lowest BCUT2D eigenvalue weighted by atomic mass is 9.66. The van der Waals surface area contributed by atoms with Gasteiger partial charge in [-0.25, -0.2) is 0 Å². The van der Waals surface area contributed by atoms with Crippen LogP contribution in [0.4, 0.5) is 0 Å². The van der Waals surface area contributed by atoms with E-state index in [2.05, 4.69) is 20.8 Å². The molecule has 0 aliphatic heterocycles. The zero-order chi connectivity index (χ0) is 14.9. The summed E-state index contributed by atoms with van der Waals surface area (Å²) in [5.74, 6) is 1.04. The standard InChI is InChI=1S/C17H22Cl2O/c1-11-7-8-13(16(20)9-11)17(2,3)10-12-14(18)5-4-6-15(12)19/h4-6,11,13H,7-10H2,1-3H3. The fourth-order valence-corrected chi connectivity index (χ4v) is 3.84. The van der Waals surface area contributed by atoms with Crippen LogP contribution in [0.1, 0.15) is 45.6 Å². The van der Waals surface area contributed by atoms with Gasteiger partial charge < -0.3 is 0 Å². The van der Waals surface area contributed by atoms with E-state index in [9.17, 15) is 4.79 Å². The molecule has 1 fully saturated rings. The lowest BCUT2D eigenvalue weighted by Crippen LogP contribution is -2.37. The first-order valence-corrected chi connectivity index (χ1v) is 8.02. The van der Waals surface area contributed by atoms with Crippen LogP contribution < -0.4 is 0 Å². The third kappa shape index (κ3) is 3.38. The molecule has 1 aliphatic rings. The Hall–Kier alpha value is -0.530. The summed E-state index contributed by atoms with van der Waals surface area (Å²) in [6.07, 6.45) is 3.58. The van der Waals surface area contributed by atoms with Gasteiger partial charge in [0.2, 0.25) is 0 Å². The Morgan fingerprint density at radius 1 is 1.20 bits per heavy atom. The van der Waals surface area contributed by atoms with E-state index in [1.54, 1.807) is 0 Å². The van der Waals surface area contributed by atoms with Crippen molar-refractivity contribution in [3.8, 4) is 0 Å². The Kier molecular flexibility index (Phi) is 4.81. The molecule has 1 aliphatic carbocycles. The molecule has 2 atom stereocenters. The van der Waals surface area contributed by atoms with E-state index in [0.717, 1.165) is 24.8 Å². The molecular weight excluding hydrogens is 291 g/mol. The Morgan fingerprint density at radius 3 is 2.35 bits per heavy atom. The summed E-state index contributed by atoms with van der Waals surface area (Å²) in [6.45, 7) is 6.47. The molecule has 0 bridgehead atoms. The van der Waals surface area contributed by atoms with Crippen LogP contribution in [0.3, 0.4) is 0 Å². The lowest BCUT2D eigenvalue weighted by molar-refractivity contribution is -0.129. The van der Waals surface area contributed by atoms with Crippen molar-refractivity contribution in [2.45, 2.75) is 46.5 Å². The minimum absolute atomic E-state index is 0.105. The molecule has 110 valence electrons. The van der Waals surface area contributed by atoms with Gasteiger partial charge in [-0.1, -0.05) is 50.0 Å². The van der Waals surface area contributed by atoms with Crippen LogP contribution in [0, 0.1) is 17.3 Å². The average molecular weight is 313 g/mol. The van der Waals surface area contributed by atoms with Crippen molar-refractivity contribution < 1.29 is 4.79 Å². The van der Waals surface area contributed by atoms with Gasteiger partial charge in [-0.2, -0.15) is 0 Å². The summed E-state index contributed by atoms with van der Waals surface area (Å²) >= 11 is 12.5. The van der Waals surface area contributed by atoms with Crippen LogP contribution in [0.15, 0.2) is 18.2 Å². The SMILES string of the molecule is CC1CCC(C(C)(C)Cc2c(Cl)cccc2Cl)C(=O)C1. The number of rotatable bonds is 3. The topological polar surface area (TPSA) is 17.1 Å². The maximum Gasteiger partial charge on any atom is 0.136 e. The monoisotopic (exact) mass is 312 g/mol. The second-order valence-corrected chi connectivity index (χ2v) is 7.59. The van der Waals surface area contributed by atoms with Crippen molar-refractivity contribution in [3.05, 3.63) is 33.8 Å². The van der Waals surface area contributed by atoms with Gasteiger partial charge in [0.1, 0.15) is 5.78 Å². The van der Waals surface area contributed by atoms with Crippen LogP contribution in [0.25, 0.3) is 0 Å². The Bertz CT molecular complexity index is 487. The van der Waals surface area contributed by atoms with E-state index in [0.29, 0.717) is 28.2 Å². The molecule has 0 N–H and O–H groups in total. The van der Waals surface area contributed by atoms with E-state index in [4.69, 9.17) is 23.2 Å². The van der Waals surface area contributed by atoms with Crippen molar-refractivity contribution in [1.82, 2.24) is 0 Å². The van der Waals surface area contributed by atoms with E-state index in [1.807, 2.05) is 18.2 Å². The summed E-state index contributed by atoms with van der Waals surface area (Å²) in [5.41, 5.74) is 0.860. The summed E-state index contributed by atoms with van der Waals surface area (Å²) in [6, 6.07) is 5.59. The number of Topliss-reactive ketones (excluding diaryl/α,β-unsaturated/α-hetero) is 1. The molecule has 1 aromatic carbocycles. The van der Waals surface area contributed by atoms with E-state index in [-0.39, 0.29) is 11.3 Å². The highest BCUT2D eigenvalue weighted by molar-refractivity contribution is 6.36. The van der Waals surface area contributed by atoms with Gasteiger partial charge in [0.05, 0.1) is 0 Å². The third-order valence-electron chi connectivity index (χ3n) is 4.52. The second kappa shape index (κ2) is 6.07. The maximum absolute atomic E-state index is 12.3. The Balaban J connectivity index is 2.21. The van der Waals surface area contributed by atoms with Crippen LogP contribution in [0.2, 0.25) is 10.0 Å². The molecule has 1 saturated carbocycles. The second-order valence-electron chi connectivity index (χ2n) is 6.77. The molecule has 0 radical (unpaired) electrons. The number of ketones is 1. The van der Waals surface area contributed by atoms with Gasteiger partial charge in [-0.05, 0) is 48.3 Å². The van der Waals surface area contributed by atoms with E-state index < -0.39 is 0 Å². The molecule has 0 amide bonds. The summed E-state index contributed by atoms with van der Waals surface area (Å²) in [7, 11) is 0. The van der Waals surface area contributed by atoms with Gasteiger partial charge in [0.25, 0.3) is 0 Å². The zero-order valence-corrected chi connectivity index (χ0v) is 13.9. The fraction of sp³-hybridized carbons (Fsp3) is 0.588. The van der Waals surface area contributed by atoms with Crippen molar-refractivity contribution in [1.29, 1.82) is 0 Å². The highest BCUT2D eigenvalue weighted by Gasteiger charge is 2.38. The quantitative estimate of drug-likeness (QED) is 0.713. The van der Waals surface area contributed by atoms with Gasteiger partial charge in [0.15, 0.2) is 0 Å². The maximum atomic E-state index is 12.3. The Morgan fingerprint density at radius 2 is 1.80 bits per heavy atom. The molecular formula is C17H22Cl2O. The van der Waals surface area contributed by atoms with Crippen molar-refractivity contribution in [2.24, 2.45) is 17.3 Å². The smallest absolute Gasteiger partial charge is 0.136 e. The minimum atomic E-state index is -0.105. The predicted molar refractivity (Wildman–Crippen MR) is 85.5 cm³/mol. The highest BCUT2D eigenvalue weighted by Crippen LogP contribution is 2.42. The average Bonchev–Trinajstić information content (AvgIpc) is 2.33. The molecule has 2 unspecified atom stereocenters. The number of halogens is 2.